The summed E-state index contributed by atoms with van der Waals surface area (Å²) in [6.45, 7) is 0. The monoisotopic (exact) mass is 572 g/mol. The van der Waals surface area contributed by atoms with Crippen LogP contribution in [-0.2, 0) is 0 Å². The maximum atomic E-state index is 4.91. The Labute approximate surface area is 256 Å². The largest absolute Gasteiger partial charge is 0.311 e. The van der Waals surface area contributed by atoms with Crippen LogP contribution in [-0.4, -0.2) is 9.36 Å². The number of benzene rings is 6. The summed E-state index contributed by atoms with van der Waals surface area (Å²) in [6, 6.07) is 58.7. The van der Waals surface area contributed by atoms with E-state index in [2.05, 4.69) is 155 Å². The minimum absolute atomic E-state index is 0.733. The van der Waals surface area contributed by atoms with Crippen molar-refractivity contribution in [1.29, 1.82) is 0 Å². The zero-order valence-electron chi connectivity index (χ0n) is 23.4. The van der Waals surface area contributed by atoms with Gasteiger partial charge >= 0.3 is 0 Å². The van der Waals surface area contributed by atoms with Gasteiger partial charge in [0.2, 0.25) is 0 Å². The van der Waals surface area contributed by atoms with Crippen LogP contribution in [0.1, 0.15) is 0 Å². The van der Waals surface area contributed by atoms with E-state index >= 15 is 0 Å². The number of anilines is 6. The lowest BCUT2D eigenvalue weighted by Gasteiger charge is -2.25. The van der Waals surface area contributed by atoms with Gasteiger partial charge in [-0.3, -0.25) is 0 Å². The average Bonchev–Trinajstić information content (AvgIpc) is 3.58. The van der Waals surface area contributed by atoms with E-state index in [1.165, 1.54) is 11.5 Å². The number of hydrogen-bond acceptors (Lipinski definition) is 5. The van der Waals surface area contributed by atoms with E-state index in [4.69, 9.17) is 9.36 Å². The Morgan fingerprint density at radius 3 is 1.05 bits per heavy atom. The van der Waals surface area contributed by atoms with Gasteiger partial charge in [0.15, 0.2) is 5.82 Å². The first-order valence-electron chi connectivity index (χ1n) is 14.2. The molecule has 0 spiro atoms. The molecule has 0 bridgehead atoms. The lowest BCUT2D eigenvalue weighted by molar-refractivity contribution is 1.27. The zero-order valence-corrected chi connectivity index (χ0v) is 24.2. The number of nitrogens with zero attached hydrogens (tertiary/aromatic N) is 4. The van der Waals surface area contributed by atoms with E-state index in [1.54, 1.807) is 0 Å². The summed E-state index contributed by atoms with van der Waals surface area (Å²) in [4.78, 5) is 9.42. The molecule has 6 aromatic carbocycles. The standard InChI is InChI=1S/C38H28N4S/c1-5-13-31(14-6-1)41(32-15-7-2-8-16-32)35-25-21-29(22-26-35)37-39-38(43-40-37)30-23-27-36(28-24-30)42(33-17-9-3-10-18-33)34-19-11-4-12-20-34/h1-28H. The highest BCUT2D eigenvalue weighted by molar-refractivity contribution is 7.09. The van der Waals surface area contributed by atoms with Crippen LogP contribution in [0.4, 0.5) is 34.1 Å². The Morgan fingerprint density at radius 2 is 0.674 bits per heavy atom. The van der Waals surface area contributed by atoms with Gasteiger partial charge in [0.1, 0.15) is 5.01 Å². The van der Waals surface area contributed by atoms with Gasteiger partial charge in [0.25, 0.3) is 0 Å². The van der Waals surface area contributed by atoms with Crippen molar-refractivity contribution >= 4 is 45.7 Å². The predicted molar refractivity (Wildman–Crippen MR) is 180 cm³/mol. The van der Waals surface area contributed by atoms with Crippen molar-refractivity contribution in [1.82, 2.24) is 9.36 Å². The minimum Gasteiger partial charge on any atom is -0.311 e. The topological polar surface area (TPSA) is 32.3 Å². The number of aromatic nitrogens is 2. The Hall–Kier alpha value is -5.52. The predicted octanol–water partition coefficient (Wildman–Crippen LogP) is 10.8. The van der Waals surface area contributed by atoms with Crippen molar-refractivity contribution < 1.29 is 0 Å². The SMILES string of the molecule is c1ccc(N(c2ccccc2)c2ccc(-c3nsc(-c4ccc(N(c5ccccc5)c5ccccc5)cc4)n3)cc2)cc1. The molecule has 0 saturated carbocycles. The molecule has 206 valence electrons. The van der Waals surface area contributed by atoms with E-state index in [0.29, 0.717) is 0 Å². The lowest BCUT2D eigenvalue weighted by Crippen LogP contribution is -2.09. The zero-order chi connectivity index (χ0) is 28.8. The fraction of sp³-hybridized carbons (Fsp3) is 0. The molecule has 0 amide bonds. The molecule has 1 heterocycles. The van der Waals surface area contributed by atoms with E-state index in [1.807, 2.05) is 24.3 Å². The number of rotatable bonds is 8. The van der Waals surface area contributed by atoms with Gasteiger partial charge in [-0.05, 0) is 109 Å². The maximum absolute atomic E-state index is 4.91. The van der Waals surface area contributed by atoms with Gasteiger partial charge < -0.3 is 9.80 Å². The van der Waals surface area contributed by atoms with E-state index < -0.39 is 0 Å². The third kappa shape index (κ3) is 5.67. The maximum Gasteiger partial charge on any atom is 0.173 e. The third-order valence-corrected chi connectivity index (χ3v) is 8.00. The highest BCUT2D eigenvalue weighted by Crippen LogP contribution is 2.37. The Kier molecular flexibility index (Phi) is 7.45. The average molecular weight is 573 g/mol. The van der Waals surface area contributed by atoms with Crippen molar-refractivity contribution in [3.05, 3.63) is 170 Å². The highest BCUT2D eigenvalue weighted by Gasteiger charge is 2.15. The highest BCUT2D eigenvalue weighted by atomic mass is 32.1. The van der Waals surface area contributed by atoms with Crippen LogP contribution < -0.4 is 9.80 Å². The summed E-state index contributed by atoms with van der Waals surface area (Å²) in [7, 11) is 0. The summed E-state index contributed by atoms with van der Waals surface area (Å²) in [5, 5.41) is 0.895. The molecule has 0 N–H and O–H groups in total. The van der Waals surface area contributed by atoms with Crippen LogP contribution in [0.15, 0.2) is 170 Å². The summed E-state index contributed by atoms with van der Waals surface area (Å²) in [5.74, 6) is 0.733. The fourth-order valence-electron chi connectivity index (χ4n) is 5.17. The molecule has 0 aliphatic rings. The molecule has 0 aliphatic heterocycles. The van der Waals surface area contributed by atoms with E-state index in [-0.39, 0.29) is 0 Å². The molecule has 5 heteroatoms. The second-order valence-electron chi connectivity index (χ2n) is 10.0. The van der Waals surface area contributed by atoms with Crippen LogP contribution in [0.3, 0.4) is 0 Å². The molecular formula is C38H28N4S. The molecule has 0 radical (unpaired) electrons. The Balaban J connectivity index is 1.15. The van der Waals surface area contributed by atoms with E-state index in [0.717, 1.165) is 56.1 Å². The van der Waals surface area contributed by atoms with Gasteiger partial charge in [0, 0.05) is 45.3 Å². The smallest absolute Gasteiger partial charge is 0.173 e. The number of hydrogen-bond donors (Lipinski definition) is 0. The first-order valence-corrected chi connectivity index (χ1v) is 15.0. The molecule has 0 fully saturated rings. The Morgan fingerprint density at radius 1 is 0.349 bits per heavy atom. The number of para-hydroxylation sites is 4. The molecule has 0 saturated heterocycles. The van der Waals surface area contributed by atoms with Crippen LogP contribution in [0, 0.1) is 0 Å². The fourth-order valence-corrected chi connectivity index (χ4v) is 5.86. The molecule has 0 unspecified atom stereocenters. The van der Waals surface area contributed by atoms with Crippen molar-refractivity contribution in [2.45, 2.75) is 0 Å². The quantitative estimate of drug-likeness (QED) is 0.181. The molecule has 1 aromatic heterocycles. The molecule has 43 heavy (non-hydrogen) atoms. The first-order chi connectivity index (χ1) is 21.3. The van der Waals surface area contributed by atoms with Crippen LogP contribution >= 0.6 is 11.5 Å². The molecule has 7 rings (SSSR count). The van der Waals surface area contributed by atoms with Crippen LogP contribution in [0.2, 0.25) is 0 Å². The van der Waals surface area contributed by atoms with Crippen molar-refractivity contribution in [2.75, 3.05) is 9.80 Å². The molecule has 0 aliphatic carbocycles. The van der Waals surface area contributed by atoms with Crippen molar-refractivity contribution in [2.24, 2.45) is 0 Å². The first kappa shape index (κ1) is 26.4. The normalized spacial score (nSPS) is 10.8. The molecule has 4 nitrogen and oxygen atoms in total. The molecule has 0 atom stereocenters. The van der Waals surface area contributed by atoms with Gasteiger partial charge in [0.05, 0.1) is 0 Å². The van der Waals surface area contributed by atoms with Crippen LogP contribution in [0.25, 0.3) is 22.0 Å². The Bertz CT molecular complexity index is 1670. The summed E-state index contributed by atoms with van der Waals surface area (Å²) >= 11 is 1.42. The van der Waals surface area contributed by atoms with Crippen LogP contribution in [0.5, 0.6) is 0 Å². The van der Waals surface area contributed by atoms with Crippen molar-refractivity contribution in [3.8, 4) is 22.0 Å². The van der Waals surface area contributed by atoms with E-state index in [9.17, 15) is 0 Å². The van der Waals surface area contributed by atoms with Gasteiger partial charge in [-0.25, -0.2) is 4.98 Å². The third-order valence-electron chi connectivity index (χ3n) is 7.24. The van der Waals surface area contributed by atoms with Gasteiger partial charge in [-0.15, -0.1) is 0 Å². The van der Waals surface area contributed by atoms with Gasteiger partial charge in [-0.1, -0.05) is 72.8 Å². The second kappa shape index (κ2) is 12.1. The molecule has 7 aromatic rings. The molecular weight excluding hydrogens is 545 g/mol. The second-order valence-corrected chi connectivity index (χ2v) is 10.8. The summed E-state index contributed by atoms with van der Waals surface area (Å²) < 4.78 is 4.71. The summed E-state index contributed by atoms with van der Waals surface area (Å²) in [6.07, 6.45) is 0. The lowest BCUT2D eigenvalue weighted by atomic mass is 10.1. The minimum atomic E-state index is 0.733. The van der Waals surface area contributed by atoms with Gasteiger partial charge in [-0.2, -0.15) is 4.37 Å². The summed E-state index contributed by atoms with van der Waals surface area (Å²) in [5.41, 5.74) is 8.64. The van der Waals surface area contributed by atoms with Crippen molar-refractivity contribution in [3.63, 3.8) is 0 Å².